The van der Waals surface area contributed by atoms with E-state index in [1.807, 2.05) is 13.8 Å². The van der Waals surface area contributed by atoms with Gasteiger partial charge in [-0.15, -0.1) is 0 Å². The molecule has 4 unspecified atom stereocenters. The number of carbonyl (C=O) groups excluding carboxylic acids is 2. The first-order chi connectivity index (χ1) is 12.4. The Kier molecular flexibility index (Phi) is 14.3. The van der Waals surface area contributed by atoms with E-state index in [0.717, 1.165) is 38.5 Å². The normalized spacial score (nSPS) is 15.8. The van der Waals surface area contributed by atoms with Gasteiger partial charge in [-0.2, -0.15) is 0 Å². The monoisotopic (exact) mass is 374 g/mol. The van der Waals surface area contributed by atoms with Gasteiger partial charge in [0.2, 0.25) is 0 Å². The van der Waals surface area contributed by atoms with Gasteiger partial charge in [0, 0.05) is 0 Å². The van der Waals surface area contributed by atoms with Crippen molar-refractivity contribution < 1.29 is 29.3 Å². The van der Waals surface area contributed by atoms with Crippen LogP contribution in [0.2, 0.25) is 0 Å². The summed E-state index contributed by atoms with van der Waals surface area (Å²) in [4.78, 5) is 24.0. The Labute approximate surface area is 158 Å². The maximum Gasteiger partial charge on any atom is 0.338 e. The lowest BCUT2D eigenvalue weighted by molar-refractivity contribution is -0.179. The molecule has 0 aliphatic carbocycles. The van der Waals surface area contributed by atoms with Crippen molar-refractivity contribution in [3.05, 3.63) is 0 Å². The van der Waals surface area contributed by atoms with Crippen LogP contribution in [0.25, 0.3) is 0 Å². The maximum absolute atomic E-state index is 12.0. The minimum atomic E-state index is -1.92. The number of esters is 2. The average molecular weight is 375 g/mol. The predicted octanol–water partition coefficient (Wildman–Crippen LogP) is 3.51. The minimum absolute atomic E-state index is 0.315. The lowest BCUT2D eigenvalue weighted by Gasteiger charge is -2.22. The Balaban J connectivity index is 4.48. The Bertz CT molecular complexity index is 348. The number of hydrogen-bond acceptors (Lipinski definition) is 6. The first-order valence-electron chi connectivity index (χ1n) is 10.2. The van der Waals surface area contributed by atoms with Crippen molar-refractivity contribution in [2.24, 2.45) is 0 Å². The largest absolute Gasteiger partial charge is 0.460 e. The molecule has 0 aromatic carbocycles. The molecular formula is C20H38O6. The molecule has 0 saturated heterocycles. The van der Waals surface area contributed by atoms with Gasteiger partial charge in [-0.3, -0.25) is 0 Å². The van der Waals surface area contributed by atoms with Crippen LogP contribution in [-0.4, -0.2) is 46.6 Å². The lowest BCUT2D eigenvalue weighted by Crippen LogP contribution is -2.43. The third kappa shape index (κ3) is 10.1. The van der Waals surface area contributed by atoms with E-state index < -0.39 is 24.1 Å². The van der Waals surface area contributed by atoms with Crippen molar-refractivity contribution in [3.8, 4) is 0 Å². The van der Waals surface area contributed by atoms with Gasteiger partial charge in [-0.1, -0.05) is 53.4 Å². The summed E-state index contributed by atoms with van der Waals surface area (Å²) in [6, 6.07) is 0. The third-order valence-corrected chi connectivity index (χ3v) is 4.52. The molecule has 0 fully saturated rings. The minimum Gasteiger partial charge on any atom is -0.460 e. The second-order valence-corrected chi connectivity index (χ2v) is 6.82. The zero-order valence-electron chi connectivity index (χ0n) is 16.9. The van der Waals surface area contributed by atoms with E-state index in [0.29, 0.717) is 25.7 Å². The summed E-state index contributed by atoms with van der Waals surface area (Å²) >= 11 is 0. The van der Waals surface area contributed by atoms with Crippen LogP contribution in [0.15, 0.2) is 0 Å². The van der Waals surface area contributed by atoms with Gasteiger partial charge in [0.25, 0.3) is 0 Å². The molecule has 0 amide bonds. The number of aliphatic hydroxyl groups is 2. The Morgan fingerprint density at radius 2 is 1.04 bits per heavy atom. The summed E-state index contributed by atoms with van der Waals surface area (Å²) in [5.74, 6) is -1.95. The summed E-state index contributed by atoms with van der Waals surface area (Å²) < 4.78 is 10.5. The molecule has 0 heterocycles. The lowest BCUT2D eigenvalue weighted by atomic mass is 10.1. The van der Waals surface area contributed by atoms with Crippen molar-refractivity contribution in [2.45, 2.75) is 116 Å². The highest BCUT2D eigenvalue weighted by Crippen LogP contribution is 2.14. The Morgan fingerprint density at radius 1 is 0.692 bits per heavy atom. The van der Waals surface area contributed by atoms with E-state index in [-0.39, 0.29) is 12.2 Å². The second-order valence-electron chi connectivity index (χ2n) is 6.82. The third-order valence-electron chi connectivity index (χ3n) is 4.52. The second kappa shape index (κ2) is 15.0. The van der Waals surface area contributed by atoms with Crippen molar-refractivity contribution in [1.29, 1.82) is 0 Å². The molecule has 154 valence electrons. The van der Waals surface area contributed by atoms with Crippen LogP contribution in [0.3, 0.4) is 0 Å². The number of aliphatic hydroxyl groups excluding tert-OH is 2. The number of rotatable bonds is 15. The molecule has 0 spiro atoms. The summed E-state index contributed by atoms with van der Waals surface area (Å²) in [6.07, 6.45) is 4.26. The summed E-state index contributed by atoms with van der Waals surface area (Å²) in [7, 11) is 0. The zero-order chi connectivity index (χ0) is 19.9. The number of ether oxygens (including phenoxy) is 2. The first-order valence-corrected chi connectivity index (χ1v) is 10.2. The zero-order valence-corrected chi connectivity index (χ0v) is 16.9. The van der Waals surface area contributed by atoms with Crippen molar-refractivity contribution in [2.75, 3.05) is 0 Å². The van der Waals surface area contributed by atoms with E-state index in [9.17, 15) is 19.8 Å². The molecule has 0 rings (SSSR count). The van der Waals surface area contributed by atoms with Crippen LogP contribution in [0, 0.1) is 0 Å². The molecule has 4 atom stereocenters. The molecule has 0 aromatic rings. The smallest absolute Gasteiger partial charge is 0.338 e. The quantitative estimate of drug-likeness (QED) is 0.336. The van der Waals surface area contributed by atoms with E-state index >= 15 is 0 Å². The number of hydrogen-bond donors (Lipinski definition) is 2. The summed E-state index contributed by atoms with van der Waals surface area (Å²) in [5.41, 5.74) is 0. The number of unbranched alkanes of at least 4 members (excludes halogenated alkanes) is 4. The average Bonchev–Trinajstić information content (AvgIpc) is 2.64. The van der Waals surface area contributed by atoms with E-state index in [1.165, 1.54) is 0 Å². The van der Waals surface area contributed by atoms with E-state index in [1.54, 1.807) is 0 Å². The van der Waals surface area contributed by atoms with E-state index in [4.69, 9.17) is 9.47 Å². The van der Waals surface area contributed by atoms with Crippen molar-refractivity contribution >= 4 is 11.9 Å². The molecule has 0 radical (unpaired) electrons. The molecule has 0 aliphatic heterocycles. The van der Waals surface area contributed by atoms with Gasteiger partial charge in [-0.05, 0) is 38.5 Å². The van der Waals surface area contributed by atoms with Crippen LogP contribution < -0.4 is 0 Å². The van der Waals surface area contributed by atoms with Gasteiger partial charge >= 0.3 is 11.9 Å². The SMILES string of the molecule is CCCCCC(CC)OC(=O)C(O)C(O)C(=O)OC(CC)CCCCC. The fourth-order valence-electron chi connectivity index (χ4n) is 2.66. The molecule has 26 heavy (non-hydrogen) atoms. The maximum atomic E-state index is 12.0. The first kappa shape index (κ1) is 24.9. The van der Waals surface area contributed by atoms with Gasteiger partial charge in [-0.25, -0.2) is 9.59 Å². The molecule has 6 heteroatoms. The Hall–Kier alpha value is -1.14. The van der Waals surface area contributed by atoms with Crippen LogP contribution in [0.4, 0.5) is 0 Å². The van der Waals surface area contributed by atoms with Crippen LogP contribution in [0.5, 0.6) is 0 Å². The van der Waals surface area contributed by atoms with Crippen LogP contribution in [-0.2, 0) is 19.1 Å². The topological polar surface area (TPSA) is 93.1 Å². The van der Waals surface area contributed by atoms with Crippen LogP contribution in [0.1, 0.15) is 91.9 Å². The van der Waals surface area contributed by atoms with Gasteiger partial charge in [0.15, 0.2) is 12.2 Å². The summed E-state index contributed by atoms with van der Waals surface area (Å²) in [5, 5.41) is 19.9. The van der Waals surface area contributed by atoms with E-state index in [2.05, 4.69) is 13.8 Å². The van der Waals surface area contributed by atoms with Crippen LogP contribution >= 0.6 is 0 Å². The molecule has 0 saturated carbocycles. The van der Waals surface area contributed by atoms with Crippen molar-refractivity contribution in [1.82, 2.24) is 0 Å². The van der Waals surface area contributed by atoms with Crippen molar-refractivity contribution in [3.63, 3.8) is 0 Å². The molecule has 0 bridgehead atoms. The fourth-order valence-corrected chi connectivity index (χ4v) is 2.66. The van der Waals surface area contributed by atoms with Gasteiger partial charge in [0.1, 0.15) is 12.2 Å². The molecule has 6 nitrogen and oxygen atoms in total. The van der Waals surface area contributed by atoms with Gasteiger partial charge in [0.05, 0.1) is 0 Å². The molecule has 2 N–H and O–H groups in total. The molecule has 0 aromatic heterocycles. The summed E-state index contributed by atoms with van der Waals surface area (Å²) in [6.45, 7) is 7.96. The highest BCUT2D eigenvalue weighted by molar-refractivity contribution is 5.85. The highest BCUT2D eigenvalue weighted by Gasteiger charge is 2.34. The fraction of sp³-hybridized carbons (Fsp3) is 0.900. The Morgan fingerprint density at radius 3 is 1.31 bits per heavy atom. The van der Waals surface area contributed by atoms with Gasteiger partial charge < -0.3 is 19.7 Å². The molecular weight excluding hydrogens is 336 g/mol. The standard InChI is InChI=1S/C20H38O6/c1-5-9-11-13-15(7-3)25-19(23)17(21)18(22)20(24)26-16(8-4)14-12-10-6-2/h15-18,21-22H,5-14H2,1-4H3. The predicted molar refractivity (Wildman–Crippen MR) is 101 cm³/mol. The highest BCUT2D eigenvalue weighted by atomic mass is 16.6. The molecule has 0 aliphatic rings. The number of carbonyl (C=O) groups is 2.